The number of hydrogen-bond donors (Lipinski definition) is 2. The van der Waals surface area contributed by atoms with Crippen LogP contribution in [0.15, 0.2) is 24.4 Å². The fourth-order valence-corrected chi connectivity index (χ4v) is 4.05. The summed E-state index contributed by atoms with van der Waals surface area (Å²) < 4.78 is 6.73. The molecule has 24 heavy (non-hydrogen) atoms. The minimum absolute atomic E-state index is 0.455. The van der Waals surface area contributed by atoms with Crippen LogP contribution in [0.25, 0.3) is 21.3 Å². The fraction of sp³-hybridized carbons (Fsp3) is 0.176. The Labute approximate surface area is 142 Å². The zero-order chi connectivity index (χ0) is 17.6. The van der Waals surface area contributed by atoms with Gasteiger partial charge in [-0.15, -0.1) is 11.3 Å². The Balaban J connectivity index is 2.38. The summed E-state index contributed by atoms with van der Waals surface area (Å²) in [5.74, 6) is 0.0988. The van der Waals surface area contributed by atoms with E-state index in [1.54, 1.807) is 19.4 Å². The van der Waals surface area contributed by atoms with E-state index < -0.39 is 11.9 Å². The number of fused-ring (bicyclic) bond motifs is 1. The Kier molecular flexibility index (Phi) is 3.81. The minimum Gasteiger partial charge on any atom is -0.495 e. The number of nitrogens with two attached hydrogens (primary N) is 2. The molecule has 0 aliphatic heterocycles. The van der Waals surface area contributed by atoms with Gasteiger partial charge in [0.15, 0.2) is 0 Å². The van der Waals surface area contributed by atoms with E-state index in [4.69, 9.17) is 16.2 Å². The van der Waals surface area contributed by atoms with Crippen LogP contribution in [0.3, 0.4) is 0 Å². The maximum absolute atomic E-state index is 11.9. The quantitative estimate of drug-likeness (QED) is 0.764. The van der Waals surface area contributed by atoms with E-state index in [1.807, 2.05) is 26.0 Å². The number of benzene rings is 1. The highest BCUT2D eigenvalue weighted by Crippen LogP contribution is 2.42. The molecule has 2 aromatic heterocycles. The molecule has 0 aliphatic carbocycles. The molecule has 1 aromatic carbocycles. The van der Waals surface area contributed by atoms with Crippen LogP contribution >= 0.6 is 11.3 Å². The summed E-state index contributed by atoms with van der Waals surface area (Å²) in [5.41, 5.74) is 14.2. The molecule has 0 aliphatic rings. The molecule has 3 aromatic rings. The molecule has 0 spiro atoms. The van der Waals surface area contributed by atoms with Crippen LogP contribution in [-0.2, 0) is 0 Å². The zero-order valence-corrected chi connectivity index (χ0v) is 14.4. The van der Waals surface area contributed by atoms with Crippen molar-refractivity contribution in [2.24, 2.45) is 11.5 Å². The Bertz CT molecular complexity index is 985. The van der Waals surface area contributed by atoms with Gasteiger partial charge < -0.3 is 16.2 Å². The van der Waals surface area contributed by atoms with Crippen molar-refractivity contribution < 1.29 is 14.3 Å². The number of rotatable bonds is 3. The molecular weight excluding hydrogens is 326 g/mol. The lowest BCUT2D eigenvalue weighted by Crippen LogP contribution is -2.18. The van der Waals surface area contributed by atoms with Crippen LogP contribution < -0.4 is 16.2 Å². The first-order valence-corrected chi connectivity index (χ1v) is 8.06. The molecule has 0 atom stereocenters. The fourth-order valence-electron chi connectivity index (χ4n) is 2.86. The standard InChI is InChI=1S/C17H17N3O3S/c1-8-9(2)15(16(18)21)24-14(8)11-7-20(17(19)22)13-10(11)5-4-6-12(13)23-3/h4-7H,1-3H3,(H2,18,21)(H2,19,22). The number of amides is 2. The van der Waals surface area contributed by atoms with Crippen molar-refractivity contribution in [1.82, 2.24) is 4.57 Å². The SMILES string of the molecule is COc1cccc2c(-c3sc(C(N)=O)c(C)c3C)cn(C(N)=O)c12. The number of ether oxygens (including phenoxy) is 1. The lowest BCUT2D eigenvalue weighted by molar-refractivity contribution is 0.100. The first kappa shape index (κ1) is 16.1. The number of nitrogens with zero attached hydrogens (tertiary/aromatic N) is 1. The van der Waals surface area contributed by atoms with Gasteiger partial charge in [-0.3, -0.25) is 9.36 Å². The molecular formula is C17H17N3O3S. The average molecular weight is 343 g/mol. The number of hydrogen-bond acceptors (Lipinski definition) is 4. The van der Waals surface area contributed by atoms with Crippen LogP contribution in [-0.4, -0.2) is 23.6 Å². The van der Waals surface area contributed by atoms with Gasteiger partial charge in [-0.25, -0.2) is 4.79 Å². The zero-order valence-electron chi connectivity index (χ0n) is 13.5. The summed E-state index contributed by atoms with van der Waals surface area (Å²) >= 11 is 1.32. The van der Waals surface area contributed by atoms with Crippen molar-refractivity contribution in [2.45, 2.75) is 13.8 Å². The Hall–Kier alpha value is -2.80. The highest BCUT2D eigenvalue weighted by Gasteiger charge is 2.22. The van der Waals surface area contributed by atoms with E-state index in [0.717, 1.165) is 27.0 Å². The van der Waals surface area contributed by atoms with Crippen molar-refractivity contribution in [3.05, 3.63) is 40.4 Å². The Morgan fingerprint density at radius 2 is 1.88 bits per heavy atom. The first-order chi connectivity index (χ1) is 11.4. The number of para-hydroxylation sites is 1. The van der Waals surface area contributed by atoms with Crippen molar-refractivity contribution in [3.8, 4) is 16.2 Å². The number of primary amides is 2. The van der Waals surface area contributed by atoms with Gasteiger partial charge in [0.05, 0.1) is 17.5 Å². The second-order valence-corrected chi connectivity index (χ2v) is 6.50. The van der Waals surface area contributed by atoms with Gasteiger partial charge in [0.1, 0.15) is 5.75 Å². The Morgan fingerprint density at radius 3 is 2.42 bits per heavy atom. The Morgan fingerprint density at radius 1 is 1.17 bits per heavy atom. The molecule has 0 bridgehead atoms. The lowest BCUT2D eigenvalue weighted by atomic mass is 10.1. The molecule has 0 unspecified atom stereocenters. The second kappa shape index (κ2) is 5.68. The average Bonchev–Trinajstić information content (AvgIpc) is 3.06. The van der Waals surface area contributed by atoms with Crippen LogP contribution in [0.5, 0.6) is 5.75 Å². The van der Waals surface area contributed by atoms with Gasteiger partial charge in [0.25, 0.3) is 5.91 Å². The van der Waals surface area contributed by atoms with Gasteiger partial charge in [-0.05, 0) is 31.0 Å². The van der Waals surface area contributed by atoms with E-state index >= 15 is 0 Å². The number of carbonyl (C=O) groups is 2. The van der Waals surface area contributed by atoms with Gasteiger partial charge in [-0.2, -0.15) is 0 Å². The normalized spacial score (nSPS) is 11.0. The van der Waals surface area contributed by atoms with E-state index in [2.05, 4.69) is 0 Å². The lowest BCUT2D eigenvalue weighted by Gasteiger charge is -2.05. The molecule has 4 N–H and O–H groups in total. The minimum atomic E-state index is -0.600. The highest BCUT2D eigenvalue weighted by molar-refractivity contribution is 7.17. The second-order valence-electron chi connectivity index (χ2n) is 5.48. The third-order valence-electron chi connectivity index (χ3n) is 4.16. The summed E-state index contributed by atoms with van der Waals surface area (Å²) in [6.07, 6.45) is 1.68. The number of aromatic nitrogens is 1. The summed E-state index contributed by atoms with van der Waals surface area (Å²) in [6.45, 7) is 3.80. The molecule has 2 heterocycles. The summed E-state index contributed by atoms with van der Waals surface area (Å²) in [7, 11) is 1.54. The van der Waals surface area contributed by atoms with Crippen molar-refractivity contribution in [1.29, 1.82) is 0 Å². The molecule has 0 radical (unpaired) electrons. The van der Waals surface area contributed by atoms with E-state index in [1.165, 1.54) is 15.9 Å². The highest BCUT2D eigenvalue weighted by atomic mass is 32.1. The molecule has 124 valence electrons. The molecule has 0 saturated heterocycles. The monoisotopic (exact) mass is 343 g/mol. The predicted octanol–water partition coefficient (Wildman–Crippen LogP) is 3.02. The number of thiophene rings is 1. The third-order valence-corrected chi connectivity index (χ3v) is 5.60. The molecule has 3 rings (SSSR count). The van der Waals surface area contributed by atoms with Gasteiger partial charge >= 0.3 is 6.03 Å². The maximum atomic E-state index is 11.9. The van der Waals surface area contributed by atoms with Crippen LogP contribution in [0, 0.1) is 13.8 Å². The van der Waals surface area contributed by atoms with Gasteiger partial charge in [0.2, 0.25) is 0 Å². The largest absolute Gasteiger partial charge is 0.495 e. The number of carbonyl (C=O) groups excluding carboxylic acids is 2. The topological polar surface area (TPSA) is 100 Å². The van der Waals surface area contributed by atoms with Crippen LogP contribution in [0.2, 0.25) is 0 Å². The molecule has 7 heteroatoms. The van der Waals surface area contributed by atoms with E-state index in [-0.39, 0.29) is 0 Å². The summed E-state index contributed by atoms with van der Waals surface area (Å²) in [4.78, 5) is 24.9. The molecule has 0 fully saturated rings. The van der Waals surface area contributed by atoms with Crippen molar-refractivity contribution in [3.63, 3.8) is 0 Å². The van der Waals surface area contributed by atoms with Crippen LogP contribution in [0.4, 0.5) is 4.79 Å². The first-order valence-electron chi connectivity index (χ1n) is 7.24. The molecule has 0 saturated carbocycles. The summed E-state index contributed by atoms with van der Waals surface area (Å²) in [6, 6.07) is 4.91. The molecule has 2 amide bonds. The van der Waals surface area contributed by atoms with Crippen molar-refractivity contribution in [2.75, 3.05) is 7.11 Å². The third kappa shape index (κ3) is 2.25. The predicted molar refractivity (Wildman–Crippen MR) is 94.8 cm³/mol. The number of methoxy groups -OCH3 is 1. The smallest absolute Gasteiger partial charge is 0.323 e. The van der Waals surface area contributed by atoms with E-state index in [0.29, 0.717) is 16.1 Å². The maximum Gasteiger partial charge on any atom is 0.323 e. The molecule has 6 nitrogen and oxygen atoms in total. The van der Waals surface area contributed by atoms with Crippen LogP contribution in [0.1, 0.15) is 20.8 Å². The van der Waals surface area contributed by atoms with Gasteiger partial charge in [-0.1, -0.05) is 12.1 Å². The van der Waals surface area contributed by atoms with Gasteiger partial charge in [0, 0.05) is 22.0 Å². The van der Waals surface area contributed by atoms with E-state index in [9.17, 15) is 9.59 Å². The summed E-state index contributed by atoms with van der Waals surface area (Å²) in [5, 5.41) is 0.827. The van der Waals surface area contributed by atoms with Crippen molar-refractivity contribution >= 4 is 34.2 Å².